The molecule has 3 aromatic rings. The van der Waals surface area contributed by atoms with E-state index in [0.717, 1.165) is 87.5 Å². The second kappa shape index (κ2) is 18.9. The van der Waals surface area contributed by atoms with Gasteiger partial charge in [-0.25, -0.2) is 18.2 Å². The maximum atomic E-state index is 13.0. The van der Waals surface area contributed by atoms with E-state index in [0.29, 0.717) is 23.4 Å². The fourth-order valence-electron chi connectivity index (χ4n) is 7.19. The third-order valence-corrected chi connectivity index (χ3v) is 9.97. The van der Waals surface area contributed by atoms with Gasteiger partial charge in [0.1, 0.15) is 24.0 Å². The van der Waals surface area contributed by atoms with Crippen LogP contribution in [0.1, 0.15) is 95.0 Å². The molecule has 8 nitrogen and oxygen atoms in total. The highest BCUT2D eigenvalue weighted by Gasteiger charge is 2.54. The summed E-state index contributed by atoms with van der Waals surface area (Å²) in [5.74, 6) is -0.376. The van der Waals surface area contributed by atoms with Gasteiger partial charge in [-0.15, -0.1) is 16.7 Å². The zero-order valence-corrected chi connectivity index (χ0v) is 31.6. The quantitative estimate of drug-likeness (QED) is 0.209. The third kappa shape index (κ3) is 11.0. The number of ether oxygens (including phenoxy) is 1. The molecule has 4 heterocycles. The topological polar surface area (TPSA) is 79.3 Å². The predicted molar refractivity (Wildman–Crippen MR) is 199 cm³/mol. The Kier molecular flexibility index (Phi) is 14.9. The molecule has 2 saturated carbocycles. The Morgan fingerprint density at radius 1 is 1.10 bits per heavy atom. The lowest BCUT2D eigenvalue weighted by atomic mass is 9.62. The average molecular weight is 730 g/mol. The summed E-state index contributed by atoms with van der Waals surface area (Å²) in [5, 5.41) is 10.6. The Morgan fingerprint density at radius 2 is 1.84 bits per heavy atom. The normalized spacial score (nSPS) is 19.6. The van der Waals surface area contributed by atoms with Crippen LogP contribution in [-0.2, 0) is 19.4 Å². The van der Waals surface area contributed by atoms with Crippen molar-refractivity contribution < 1.29 is 17.9 Å². The van der Waals surface area contributed by atoms with Gasteiger partial charge in [-0.2, -0.15) is 5.10 Å². The molecule has 4 aliphatic rings. The number of aryl methyl sites for hydroxylation is 1. The summed E-state index contributed by atoms with van der Waals surface area (Å²) >= 11 is 5.87. The van der Waals surface area contributed by atoms with Crippen LogP contribution >= 0.6 is 11.6 Å². The van der Waals surface area contributed by atoms with E-state index in [1.807, 2.05) is 33.0 Å². The largest absolute Gasteiger partial charge is 0.490 e. The van der Waals surface area contributed by atoms with E-state index in [1.165, 1.54) is 29.7 Å². The molecule has 1 aromatic carbocycles. The van der Waals surface area contributed by atoms with Crippen molar-refractivity contribution >= 4 is 17.4 Å². The molecule has 2 aromatic heterocycles. The number of hydrogen-bond acceptors (Lipinski definition) is 8. The lowest BCUT2D eigenvalue weighted by Gasteiger charge is -2.58. The number of aromatic nitrogens is 4. The molecular weight excluding hydrogens is 675 g/mol. The fraction of sp³-hybridized carbons (Fsp3) is 0.590. The molecule has 0 bridgehead atoms. The molecule has 280 valence electrons. The summed E-state index contributed by atoms with van der Waals surface area (Å²) in [6.07, 6.45) is 11.9. The molecule has 0 amide bonds. The van der Waals surface area contributed by atoms with Crippen LogP contribution in [0.25, 0.3) is 0 Å². The summed E-state index contributed by atoms with van der Waals surface area (Å²) in [6.45, 7) is 18.7. The number of alkyl halides is 3. The smallest absolute Gasteiger partial charge is 0.249 e. The molecule has 1 saturated heterocycles. The standard InChI is InChI=1S/C20H25ClN6O.C12H13F3.C5H11N.C2H6/c21-4-1-6-26-7-3-17-16(11-26)18(2-5-22-17)28-15-8-20(9-15)12-27(13-20)19-10-24-25-14-23-19;1-2-8-3-4-10(13)5-11(8)9-6-12(14,15)7-9;1-4-6-5(2)3;1-2/h2,5,10,14-15H,1,3-4,6-9,11-13H2;3-5,9H,2,6-7H2,1H3;4-6H,1H2,2-3H3;1-2H3. The van der Waals surface area contributed by atoms with Gasteiger partial charge in [0.25, 0.3) is 0 Å². The maximum absolute atomic E-state index is 13.0. The van der Waals surface area contributed by atoms with E-state index in [9.17, 15) is 13.2 Å². The minimum absolute atomic E-state index is 0.135. The van der Waals surface area contributed by atoms with Crippen LogP contribution in [0.4, 0.5) is 19.0 Å². The van der Waals surface area contributed by atoms with Crippen LogP contribution in [0.2, 0.25) is 0 Å². The zero-order valence-electron chi connectivity index (χ0n) is 30.9. The van der Waals surface area contributed by atoms with Gasteiger partial charge in [0.15, 0.2) is 5.82 Å². The highest BCUT2D eigenvalue weighted by molar-refractivity contribution is 6.17. The average Bonchev–Trinajstić information content (AvgIpc) is 3.08. The van der Waals surface area contributed by atoms with Crippen molar-refractivity contribution in [1.82, 2.24) is 30.4 Å². The van der Waals surface area contributed by atoms with Crippen molar-refractivity contribution in [1.29, 1.82) is 0 Å². The van der Waals surface area contributed by atoms with Gasteiger partial charge >= 0.3 is 0 Å². The van der Waals surface area contributed by atoms with E-state index in [2.05, 4.69) is 55.7 Å². The highest BCUT2D eigenvalue weighted by Crippen LogP contribution is 2.51. The van der Waals surface area contributed by atoms with E-state index < -0.39 is 5.92 Å². The summed E-state index contributed by atoms with van der Waals surface area (Å²) in [5.41, 5.74) is 4.60. The first-order chi connectivity index (χ1) is 24.5. The number of hydrogen-bond donors (Lipinski definition) is 1. The molecule has 2 aliphatic carbocycles. The minimum Gasteiger partial charge on any atom is -0.490 e. The molecule has 0 unspecified atom stereocenters. The van der Waals surface area contributed by atoms with E-state index in [1.54, 1.807) is 18.5 Å². The van der Waals surface area contributed by atoms with Gasteiger partial charge in [0.05, 0.1) is 6.20 Å². The number of benzene rings is 1. The third-order valence-electron chi connectivity index (χ3n) is 9.70. The molecule has 0 atom stereocenters. The van der Waals surface area contributed by atoms with Crippen LogP contribution in [0.3, 0.4) is 0 Å². The van der Waals surface area contributed by atoms with Crippen molar-refractivity contribution in [3.63, 3.8) is 0 Å². The van der Waals surface area contributed by atoms with Gasteiger partial charge in [-0.1, -0.05) is 33.4 Å². The van der Waals surface area contributed by atoms with Crippen molar-refractivity contribution in [2.24, 2.45) is 5.41 Å². The van der Waals surface area contributed by atoms with E-state index in [4.69, 9.17) is 16.3 Å². The van der Waals surface area contributed by atoms with Gasteiger partial charge in [-0.05, 0) is 87.5 Å². The highest BCUT2D eigenvalue weighted by atomic mass is 35.5. The van der Waals surface area contributed by atoms with Crippen LogP contribution in [0, 0.1) is 11.2 Å². The van der Waals surface area contributed by atoms with Crippen LogP contribution in [0.5, 0.6) is 5.75 Å². The molecule has 51 heavy (non-hydrogen) atoms. The number of rotatable bonds is 10. The van der Waals surface area contributed by atoms with Crippen LogP contribution in [0.15, 0.2) is 55.8 Å². The van der Waals surface area contributed by atoms with Gasteiger partial charge in [-0.3, -0.25) is 9.88 Å². The lowest BCUT2D eigenvalue weighted by Crippen LogP contribution is -2.65. The molecule has 0 radical (unpaired) electrons. The Hall–Kier alpha value is -3.44. The van der Waals surface area contributed by atoms with Gasteiger partial charge < -0.3 is 15.0 Å². The molecule has 12 heteroatoms. The first-order valence-corrected chi connectivity index (χ1v) is 18.9. The molecule has 1 N–H and O–H groups in total. The second-order valence-electron chi connectivity index (χ2n) is 14.0. The molecular formula is C39H55ClF3N7O. The number of anilines is 1. The van der Waals surface area contributed by atoms with E-state index >= 15 is 0 Å². The monoisotopic (exact) mass is 729 g/mol. The Labute approximate surface area is 307 Å². The summed E-state index contributed by atoms with van der Waals surface area (Å²) < 4.78 is 44.9. The Balaban J connectivity index is 0.000000212. The maximum Gasteiger partial charge on any atom is 0.249 e. The van der Waals surface area contributed by atoms with Crippen molar-refractivity contribution in [3.8, 4) is 5.75 Å². The van der Waals surface area contributed by atoms with Crippen molar-refractivity contribution in [2.45, 2.75) is 110 Å². The summed E-state index contributed by atoms with van der Waals surface area (Å²) in [6, 6.07) is 7.05. The number of fused-ring (bicyclic) bond motifs is 1. The number of halogens is 4. The Morgan fingerprint density at radius 3 is 2.43 bits per heavy atom. The van der Waals surface area contributed by atoms with E-state index in [-0.39, 0.29) is 24.6 Å². The van der Waals surface area contributed by atoms with Gasteiger partial charge in [0, 0.05) is 80.2 Å². The summed E-state index contributed by atoms with van der Waals surface area (Å²) in [4.78, 5) is 13.6. The minimum atomic E-state index is -2.54. The molecule has 3 fully saturated rings. The molecule has 7 rings (SSSR count). The second-order valence-corrected chi connectivity index (χ2v) is 14.3. The predicted octanol–water partition coefficient (Wildman–Crippen LogP) is 8.36. The first-order valence-electron chi connectivity index (χ1n) is 18.4. The number of pyridine rings is 1. The SMILES string of the molecule is C=CNC(C)C.CC.CCc1ccc(F)cc1C1CC(F)(F)C1.ClCCCN1CCc2nccc(OC3CC4(C3)CN(c3cnncn3)C4)c2C1. The lowest BCUT2D eigenvalue weighted by molar-refractivity contribution is -0.0869. The summed E-state index contributed by atoms with van der Waals surface area (Å²) in [7, 11) is 0. The number of nitrogens with zero attached hydrogens (tertiary/aromatic N) is 6. The van der Waals surface area contributed by atoms with Crippen molar-refractivity contribution in [3.05, 3.63) is 84.0 Å². The zero-order chi connectivity index (χ0) is 37.0. The molecule has 1 spiro atoms. The van der Waals surface area contributed by atoms with Gasteiger partial charge in [0.2, 0.25) is 5.92 Å². The number of nitrogens with one attached hydrogen (secondary N) is 1. The van der Waals surface area contributed by atoms with Crippen LogP contribution in [-0.4, -0.2) is 75.2 Å². The van der Waals surface area contributed by atoms with Crippen molar-refractivity contribution in [2.75, 3.05) is 37.0 Å². The fourth-order valence-corrected chi connectivity index (χ4v) is 7.30. The van der Waals surface area contributed by atoms with Crippen LogP contribution < -0.4 is 15.0 Å². The first kappa shape index (κ1) is 40.3. The Bertz CT molecular complexity index is 1510. The molecule has 2 aliphatic heterocycles.